The summed E-state index contributed by atoms with van der Waals surface area (Å²) >= 11 is 0. The summed E-state index contributed by atoms with van der Waals surface area (Å²) in [6, 6.07) is 0. The van der Waals surface area contributed by atoms with Crippen LogP contribution in [0, 0.1) is 17.8 Å². The maximum atomic E-state index is 13.9. The molecule has 8 saturated heterocycles. The number of fused-ring (bicyclic) bond motifs is 2. The van der Waals surface area contributed by atoms with Crippen LogP contribution in [0.3, 0.4) is 0 Å². The van der Waals surface area contributed by atoms with E-state index in [1.54, 1.807) is 19.9 Å². The standard InChI is InChI=1S/C47H72O15/c1-26(10-11-33-30(48)22-37(56-33)47(54)39(50)28(3)14-20-55-47)21-27(2)23-42(5)16-13-36(60-42)46-19-18-43(6,62-46)25-35(59-46)38-31(49)24-44(7,61-38)40(51)34-12-17-45(58-34)15-8-9-32(57-45)29(4)41(52)53/h10-11,21,27-30,32-40,48,50-51,54H,8-9,12-20,22-25H2,1-7H3,(H,52,53)/b11-10+,26-21+/t27-,28+,29+,30+,32-,33+,34-,35+,36+,37-,38-,39+,40-,42+,43-,44+,45+,46-,47+/m0/s1. The molecule has 8 heterocycles. The summed E-state index contributed by atoms with van der Waals surface area (Å²) in [5, 5.41) is 54.0. The van der Waals surface area contributed by atoms with Gasteiger partial charge in [0.15, 0.2) is 17.4 Å². The summed E-state index contributed by atoms with van der Waals surface area (Å²) in [4.78, 5) is 25.5. The lowest BCUT2D eigenvalue weighted by molar-refractivity contribution is -0.359. The Labute approximate surface area is 365 Å². The van der Waals surface area contributed by atoms with Crippen molar-refractivity contribution in [3.63, 3.8) is 0 Å². The van der Waals surface area contributed by atoms with Crippen LogP contribution in [0.5, 0.6) is 0 Å². The molecule has 0 aromatic heterocycles. The molecule has 0 unspecified atom stereocenters. The normalized spacial score (nSPS) is 50.2. The number of aliphatic hydroxyl groups is 4. The molecule has 8 rings (SSSR count). The summed E-state index contributed by atoms with van der Waals surface area (Å²) in [7, 11) is 0. The molecule has 0 aliphatic carbocycles. The third-order valence-corrected chi connectivity index (χ3v) is 15.7. The topological polar surface area (TPSA) is 209 Å². The minimum absolute atomic E-state index is 0.00421. The summed E-state index contributed by atoms with van der Waals surface area (Å²) in [6.07, 6.45) is 6.29. The predicted molar refractivity (Wildman–Crippen MR) is 221 cm³/mol. The zero-order chi connectivity index (χ0) is 44.6. The van der Waals surface area contributed by atoms with Crippen LogP contribution >= 0.6 is 0 Å². The fourth-order valence-electron chi connectivity index (χ4n) is 12.1. The molecule has 0 aromatic carbocycles. The largest absolute Gasteiger partial charge is 0.481 e. The zero-order valence-corrected chi connectivity index (χ0v) is 37.7. The Morgan fingerprint density at radius 1 is 0.919 bits per heavy atom. The number of aliphatic hydroxyl groups excluding tert-OH is 3. The van der Waals surface area contributed by atoms with Gasteiger partial charge in [-0.15, -0.1) is 0 Å². The number of rotatable bonds is 12. The molecule has 8 aliphatic heterocycles. The van der Waals surface area contributed by atoms with E-state index in [9.17, 15) is 35.1 Å². The number of carboxylic acids is 1. The number of hydrogen-bond acceptors (Lipinski definition) is 14. The smallest absolute Gasteiger partial charge is 0.308 e. The van der Waals surface area contributed by atoms with Gasteiger partial charge in [0.05, 0.1) is 48.1 Å². The van der Waals surface area contributed by atoms with Gasteiger partial charge in [-0.1, -0.05) is 37.6 Å². The van der Waals surface area contributed by atoms with E-state index in [4.69, 9.17) is 37.9 Å². The highest BCUT2D eigenvalue weighted by molar-refractivity contribution is 5.86. The lowest BCUT2D eigenvalue weighted by atomic mass is 9.87. The lowest BCUT2D eigenvalue weighted by Gasteiger charge is -2.47. The number of carbonyl (C=O) groups is 2. The van der Waals surface area contributed by atoms with E-state index in [2.05, 4.69) is 26.8 Å². The number of allylic oxidation sites excluding steroid dienone is 3. The van der Waals surface area contributed by atoms with E-state index in [1.807, 2.05) is 19.9 Å². The number of aliphatic carboxylic acids is 1. The molecule has 8 aliphatic rings. The van der Waals surface area contributed by atoms with E-state index in [0.29, 0.717) is 51.6 Å². The Balaban J connectivity index is 0.863. The van der Waals surface area contributed by atoms with E-state index >= 15 is 0 Å². The van der Waals surface area contributed by atoms with Crippen LogP contribution in [0.4, 0.5) is 0 Å². The molecule has 8 fully saturated rings. The second kappa shape index (κ2) is 17.1. The molecule has 62 heavy (non-hydrogen) atoms. The van der Waals surface area contributed by atoms with Crippen molar-refractivity contribution in [2.24, 2.45) is 17.8 Å². The molecule has 2 bridgehead atoms. The Hall–Kier alpha value is -1.86. The van der Waals surface area contributed by atoms with Gasteiger partial charge in [-0.25, -0.2) is 0 Å². The maximum Gasteiger partial charge on any atom is 0.308 e. The molecule has 0 radical (unpaired) electrons. The zero-order valence-electron chi connectivity index (χ0n) is 37.7. The van der Waals surface area contributed by atoms with Crippen molar-refractivity contribution in [2.75, 3.05) is 6.61 Å². The van der Waals surface area contributed by atoms with E-state index < -0.39 is 101 Å². The van der Waals surface area contributed by atoms with Crippen molar-refractivity contribution < 1.29 is 73.0 Å². The Morgan fingerprint density at radius 2 is 1.68 bits per heavy atom. The number of ketones is 1. The Kier molecular flexibility index (Phi) is 12.9. The molecule has 1 spiro atoms. The fraction of sp³-hybridized carbons (Fsp3) is 0.872. The second-order valence-corrected chi connectivity index (χ2v) is 21.2. The third kappa shape index (κ3) is 8.89. The quantitative estimate of drug-likeness (QED) is 0.167. The lowest BCUT2D eigenvalue weighted by Crippen LogP contribution is -2.59. The molecular formula is C47H72O15. The highest BCUT2D eigenvalue weighted by Crippen LogP contribution is 2.55. The summed E-state index contributed by atoms with van der Waals surface area (Å²) in [6.45, 7) is 13.9. The molecule has 0 saturated carbocycles. The molecular weight excluding hydrogens is 805 g/mol. The minimum Gasteiger partial charge on any atom is -0.481 e. The summed E-state index contributed by atoms with van der Waals surface area (Å²) in [5.74, 6) is -5.58. The first-order valence-corrected chi connectivity index (χ1v) is 23.4. The van der Waals surface area contributed by atoms with Gasteiger partial charge < -0.3 is 63.4 Å². The van der Waals surface area contributed by atoms with Crippen LogP contribution in [0.15, 0.2) is 23.8 Å². The van der Waals surface area contributed by atoms with Gasteiger partial charge in [-0.2, -0.15) is 0 Å². The SMILES string of the molecule is CC(/C=C/[C@H]1O[C@H]([C@@]2(O)OCC[C@@H](C)[C@H]2O)C[C@H]1O)=C\[C@H](C)C[C@@]1(C)CC[C@H]([C@@]23CC[C@@](C)(C[C@H]([C@H]4O[C@@](C)([C@@H](O)[C@@H]5CC[C@@]6(CCC[C@@H]([C@@H](C)C(=O)O)O6)O5)CC4=O)O2)O3)O1. The second-order valence-electron chi connectivity index (χ2n) is 21.2. The molecule has 5 N–H and O–H groups in total. The third-order valence-electron chi connectivity index (χ3n) is 15.7. The molecule has 15 heteroatoms. The molecule has 350 valence electrons. The van der Waals surface area contributed by atoms with Crippen molar-refractivity contribution in [1.29, 1.82) is 0 Å². The van der Waals surface area contributed by atoms with Crippen LogP contribution < -0.4 is 0 Å². The average molecular weight is 877 g/mol. The van der Waals surface area contributed by atoms with Crippen molar-refractivity contribution in [3.8, 4) is 0 Å². The Morgan fingerprint density at radius 3 is 2.44 bits per heavy atom. The average Bonchev–Trinajstić information content (AvgIpc) is 4.02. The van der Waals surface area contributed by atoms with Crippen molar-refractivity contribution in [2.45, 2.75) is 234 Å². The van der Waals surface area contributed by atoms with Crippen molar-refractivity contribution in [1.82, 2.24) is 0 Å². The van der Waals surface area contributed by atoms with E-state index in [0.717, 1.165) is 37.7 Å². The highest BCUT2D eigenvalue weighted by atomic mass is 16.8. The predicted octanol–water partition coefficient (Wildman–Crippen LogP) is 4.77. The Bertz CT molecular complexity index is 1740. The molecule has 15 nitrogen and oxygen atoms in total. The van der Waals surface area contributed by atoms with E-state index in [-0.39, 0.29) is 36.6 Å². The summed E-state index contributed by atoms with van der Waals surface area (Å²) in [5.41, 5.74) is -1.22. The first-order valence-electron chi connectivity index (χ1n) is 23.4. The van der Waals surface area contributed by atoms with Crippen LogP contribution in [0.25, 0.3) is 0 Å². The van der Waals surface area contributed by atoms with Crippen LogP contribution in [0.1, 0.15) is 138 Å². The van der Waals surface area contributed by atoms with Crippen molar-refractivity contribution in [3.05, 3.63) is 23.8 Å². The van der Waals surface area contributed by atoms with Gasteiger partial charge in [0.25, 0.3) is 0 Å². The number of Topliss-reactive ketones (excluding diaryl/α,β-unsaturated/α-hetero) is 1. The molecule has 19 atom stereocenters. The van der Waals surface area contributed by atoms with Gasteiger partial charge in [0, 0.05) is 38.5 Å². The number of carboxylic acid groups (broad SMARTS) is 1. The van der Waals surface area contributed by atoms with Crippen LogP contribution in [-0.4, -0.2) is 139 Å². The van der Waals surface area contributed by atoms with Gasteiger partial charge in [-0.3, -0.25) is 9.59 Å². The van der Waals surface area contributed by atoms with Gasteiger partial charge in [-0.05, 0) is 97.8 Å². The summed E-state index contributed by atoms with van der Waals surface area (Å²) < 4.78 is 51.4. The number of carbonyl (C=O) groups excluding carboxylic acids is 1. The van der Waals surface area contributed by atoms with Gasteiger partial charge in [0.2, 0.25) is 5.79 Å². The molecule has 0 amide bonds. The maximum absolute atomic E-state index is 13.9. The van der Waals surface area contributed by atoms with Crippen LogP contribution in [0.2, 0.25) is 0 Å². The number of ether oxygens (including phenoxy) is 8. The van der Waals surface area contributed by atoms with Crippen molar-refractivity contribution >= 4 is 11.8 Å². The van der Waals surface area contributed by atoms with Gasteiger partial charge in [0.1, 0.15) is 42.2 Å². The number of hydrogen-bond donors (Lipinski definition) is 5. The monoisotopic (exact) mass is 876 g/mol. The highest BCUT2D eigenvalue weighted by Gasteiger charge is 2.64. The van der Waals surface area contributed by atoms with Crippen LogP contribution in [-0.2, 0) is 47.5 Å². The van der Waals surface area contributed by atoms with E-state index in [1.165, 1.54) is 0 Å². The minimum atomic E-state index is -1.86. The first kappa shape index (κ1) is 46.7. The first-order chi connectivity index (χ1) is 29.1. The van der Waals surface area contributed by atoms with Gasteiger partial charge >= 0.3 is 5.97 Å². The molecule has 0 aromatic rings. The fourth-order valence-corrected chi connectivity index (χ4v) is 12.1.